The highest BCUT2D eigenvalue weighted by Gasteiger charge is 2.13. The van der Waals surface area contributed by atoms with Crippen molar-refractivity contribution in [3.63, 3.8) is 0 Å². The third-order valence-electron chi connectivity index (χ3n) is 3.44. The molecule has 0 aromatic heterocycles. The lowest BCUT2D eigenvalue weighted by molar-refractivity contribution is 0.0728. The summed E-state index contributed by atoms with van der Waals surface area (Å²) in [6.07, 6.45) is 15.3. The van der Waals surface area contributed by atoms with Gasteiger partial charge in [0.2, 0.25) is 0 Å². The molecule has 0 radical (unpaired) electrons. The second kappa shape index (κ2) is 11.4. The highest BCUT2D eigenvalue weighted by atomic mass is 32.2. The molecular formula is C15H30OS. The Morgan fingerprint density at radius 1 is 0.941 bits per heavy atom. The van der Waals surface area contributed by atoms with Gasteiger partial charge in [0.05, 0.1) is 0 Å². The third kappa shape index (κ3) is 8.96. The summed E-state index contributed by atoms with van der Waals surface area (Å²) < 4.78 is 5.71. The molecule has 1 aliphatic rings. The van der Waals surface area contributed by atoms with E-state index in [-0.39, 0.29) is 0 Å². The minimum absolute atomic E-state index is 0.522. The first-order chi connectivity index (χ1) is 8.43. The number of hydrogen-bond acceptors (Lipinski definition) is 2. The molecule has 0 saturated carbocycles. The van der Waals surface area contributed by atoms with Crippen LogP contribution in [0.3, 0.4) is 0 Å². The molecule has 1 fully saturated rings. The van der Waals surface area contributed by atoms with Crippen LogP contribution < -0.4 is 0 Å². The van der Waals surface area contributed by atoms with E-state index in [0.717, 1.165) is 6.61 Å². The van der Waals surface area contributed by atoms with Crippen LogP contribution in [0.5, 0.6) is 0 Å². The van der Waals surface area contributed by atoms with E-state index in [0.29, 0.717) is 5.44 Å². The first-order valence-corrected chi connectivity index (χ1v) is 8.71. The molecule has 2 heteroatoms. The van der Waals surface area contributed by atoms with Crippen molar-refractivity contribution in [2.45, 2.75) is 83.0 Å². The first kappa shape index (κ1) is 15.4. The van der Waals surface area contributed by atoms with Crippen LogP contribution in [0.2, 0.25) is 0 Å². The van der Waals surface area contributed by atoms with Crippen molar-refractivity contribution in [2.24, 2.45) is 0 Å². The lowest BCUT2D eigenvalue weighted by Gasteiger charge is -2.21. The highest BCUT2D eigenvalue weighted by Crippen LogP contribution is 2.24. The van der Waals surface area contributed by atoms with Crippen LogP contribution in [-0.2, 0) is 4.74 Å². The summed E-state index contributed by atoms with van der Waals surface area (Å²) in [6.45, 7) is 3.28. The second-order valence-electron chi connectivity index (χ2n) is 5.14. The molecule has 1 heterocycles. The molecule has 1 unspecified atom stereocenters. The molecular weight excluding hydrogens is 228 g/mol. The van der Waals surface area contributed by atoms with Crippen molar-refractivity contribution in [2.75, 3.05) is 12.4 Å². The fourth-order valence-corrected chi connectivity index (χ4v) is 3.45. The van der Waals surface area contributed by atoms with E-state index in [2.05, 4.69) is 6.92 Å². The Hall–Kier alpha value is 0.310. The zero-order chi connectivity index (χ0) is 12.2. The van der Waals surface area contributed by atoms with E-state index in [1.807, 2.05) is 11.8 Å². The fraction of sp³-hybridized carbons (Fsp3) is 1.00. The molecule has 1 saturated heterocycles. The number of unbranched alkanes of at least 4 members (excludes halogenated alkanes) is 7. The summed E-state index contributed by atoms with van der Waals surface area (Å²) in [5, 5.41) is 0. The van der Waals surface area contributed by atoms with Crippen LogP contribution in [0.4, 0.5) is 0 Å². The van der Waals surface area contributed by atoms with Gasteiger partial charge in [-0.2, -0.15) is 0 Å². The number of rotatable bonds is 10. The predicted molar refractivity (Wildman–Crippen MR) is 78.7 cm³/mol. The molecule has 0 amide bonds. The van der Waals surface area contributed by atoms with E-state index >= 15 is 0 Å². The largest absolute Gasteiger partial charge is 0.368 e. The smallest absolute Gasteiger partial charge is 0.103 e. The lowest BCUT2D eigenvalue weighted by atomic mass is 10.1. The molecule has 1 aliphatic heterocycles. The van der Waals surface area contributed by atoms with E-state index in [4.69, 9.17) is 4.74 Å². The van der Waals surface area contributed by atoms with E-state index < -0.39 is 0 Å². The van der Waals surface area contributed by atoms with Gasteiger partial charge in [0.25, 0.3) is 0 Å². The Bertz CT molecular complexity index is 155. The Morgan fingerprint density at radius 3 is 2.29 bits per heavy atom. The first-order valence-electron chi connectivity index (χ1n) is 7.66. The molecule has 17 heavy (non-hydrogen) atoms. The summed E-state index contributed by atoms with van der Waals surface area (Å²) in [7, 11) is 0. The average Bonchev–Trinajstić information content (AvgIpc) is 2.38. The van der Waals surface area contributed by atoms with Gasteiger partial charge in [-0.25, -0.2) is 0 Å². The molecule has 1 rings (SSSR count). The zero-order valence-corrected chi connectivity index (χ0v) is 12.4. The fourth-order valence-electron chi connectivity index (χ4n) is 2.29. The monoisotopic (exact) mass is 258 g/mol. The van der Waals surface area contributed by atoms with Gasteiger partial charge in [-0.3, -0.25) is 0 Å². The van der Waals surface area contributed by atoms with Crippen LogP contribution in [0.15, 0.2) is 0 Å². The molecule has 1 atom stereocenters. The van der Waals surface area contributed by atoms with Crippen LogP contribution in [-0.4, -0.2) is 17.8 Å². The maximum atomic E-state index is 5.71. The van der Waals surface area contributed by atoms with E-state index in [1.165, 1.54) is 76.4 Å². The van der Waals surface area contributed by atoms with Gasteiger partial charge >= 0.3 is 0 Å². The number of ether oxygens (including phenoxy) is 1. The SMILES string of the molecule is CCCCCCCCCCSC1CCCCO1. The number of hydrogen-bond donors (Lipinski definition) is 0. The van der Waals surface area contributed by atoms with Gasteiger partial charge in [-0.1, -0.05) is 51.9 Å². The van der Waals surface area contributed by atoms with Crippen molar-refractivity contribution in [1.29, 1.82) is 0 Å². The van der Waals surface area contributed by atoms with Crippen molar-refractivity contribution >= 4 is 11.8 Å². The van der Waals surface area contributed by atoms with Crippen LogP contribution in [0, 0.1) is 0 Å². The third-order valence-corrected chi connectivity index (χ3v) is 4.71. The highest BCUT2D eigenvalue weighted by molar-refractivity contribution is 7.99. The normalized spacial score (nSPS) is 20.6. The quantitative estimate of drug-likeness (QED) is 0.486. The Kier molecular flexibility index (Phi) is 10.3. The molecule has 1 nitrogen and oxygen atoms in total. The van der Waals surface area contributed by atoms with Gasteiger partial charge in [-0.15, -0.1) is 11.8 Å². The summed E-state index contributed by atoms with van der Waals surface area (Å²) in [6, 6.07) is 0. The zero-order valence-electron chi connectivity index (χ0n) is 11.6. The topological polar surface area (TPSA) is 9.23 Å². The Morgan fingerprint density at radius 2 is 1.65 bits per heavy atom. The van der Waals surface area contributed by atoms with Crippen LogP contribution >= 0.6 is 11.8 Å². The van der Waals surface area contributed by atoms with Gasteiger partial charge in [0, 0.05) is 6.61 Å². The summed E-state index contributed by atoms with van der Waals surface area (Å²) in [5.74, 6) is 1.31. The van der Waals surface area contributed by atoms with E-state index in [1.54, 1.807) is 0 Å². The average molecular weight is 258 g/mol. The predicted octanol–water partition coefficient (Wildman–Crippen LogP) is 5.39. The van der Waals surface area contributed by atoms with Gasteiger partial charge < -0.3 is 4.74 Å². The summed E-state index contributed by atoms with van der Waals surface area (Å²) in [4.78, 5) is 0. The van der Waals surface area contributed by atoms with Crippen LogP contribution in [0.1, 0.15) is 77.6 Å². The molecule has 102 valence electrons. The molecule has 0 N–H and O–H groups in total. The molecule has 0 spiro atoms. The molecule has 0 bridgehead atoms. The molecule has 0 aliphatic carbocycles. The number of thioether (sulfide) groups is 1. The van der Waals surface area contributed by atoms with Gasteiger partial charge in [0.1, 0.15) is 5.44 Å². The standard InChI is InChI=1S/C15H30OS/c1-2-3-4-5-6-7-8-11-14-17-15-12-9-10-13-16-15/h15H,2-14H2,1H3. The molecule has 0 aromatic carbocycles. The minimum Gasteiger partial charge on any atom is -0.368 e. The van der Waals surface area contributed by atoms with Crippen molar-refractivity contribution in [1.82, 2.24) is 0 Å². The van der Waals surface area contributed by atoms with Crippen LogP contribution in [0.25, 0.3) is 0 Å². The summed E-state index contributed by atoms with van der Waals surface area (Å²) >= 11 is 2.05. The second-order valence-corrected chi connectivity index (χ2v) is 6.41. The summed E-state index contributed by atoms with van der Waals surface area (Å²) in [5.41, 5.74) is 0.522. The van der Waals surface area contributed by atoms with E-state index in [9.17, 15) is 0 Å². The molecule has 0 aromatic rings. The van der Waals surface area contributed by atoms with Crippen molar-refractivity contribution < 1.29 is 4.74 Å². The minimum atomic E-state index is 0.522. The Balaban J connectivity index is 1.75. The Labute approximate surface area is 112 Å². The maximum absolute atomic E-state index is 5.71. The lowest BCUT2D eigenvalue weighted by Crippen LogP contribution is -2.15. The van der Waals surface area contributed by atoms with Gasteiger partial charge in [0.15, 0.2) is 0 Å². The van der Waals surface area contributed by atoms with Gasteiger partial charge in [-0.05, 0) is 31.4 Å². The maximum Gasteiger partial charge on any atom is 0.103 e. The van der Waals surface area contributed by atoms with Crippen molar-refractivity contribution in [3.05, 3.63) is 0 Å². The van der Waals surface area contributed by atoms with Crippen molar-refractivity contribution in [3.8, 4) is 0 Å².